The molecule has 1 aromatic heterocycles. The van der Waals surface area contributed by atoms with Crippen LogP contribution in [0.15, 0.2) is 65.9 Å². The van der Waals surface area contributed by atoms with E-state index >= 15 is 0 Å². The van der Waals surface area contributed by atoms with Crippen LogP contribution in [0.2, 0.25) is 0 Å². The molecular formula is C21H16FN3O2. The number of halogens is 1. The average Bonchev–Trinajstić information content (AvgIpc) is 2.70. The van der Waals surface area contributed by atoms with Crippen molar-refractivity contribution in [3.63, 3.8) is 0 Å². The molecule has 5 nitrogen and oxygen atoms in total. The van der Waals surface area contributed by atoms with Gasteiger partial charge in [0.15, 0.2) is 17.3 Å². The fraction of sp³-hybridized carbons (Fsp3) is 0.0952. The molecule has 0 fully saturated rings. The molecule has 2 N–H and O–H groups in total. The number of ether oxygens (including phenoxy) is 1. The lowest BCUT2D eigenvalue weighted by molar-refractivity contribution is 0.1000. The van der Waals surface area contributed by atoms with Crippen molar-refractivity contribution in [1.29, 1.82) is 0 Å². The highest BCUT2D eigenvalue weighted by Gasteiger charge is 2.20. The molecule has 0 radical (unpaired) electrons. The summed E-state index contributed by atoms with van der Waals surface area (Å²) in [5.74, 6) is 0.0756. The largest absolute Gasteiger partial charge is 0.453 e. The lowest BCUT2D eigenvalue weighted by Crippen LogP contribution is -2.24. The van der Waals surface area contributed by atoms with Crippen molar-refractivity contribution >= 4 is 11.5 Å². The fourth-order valence-electron chi connectivity index (χ4n) is 3.00. The van der Waals surface area contributed by atoms with Crippen molar-refractivity contribution in [3.05, 3.63) is 77.9 Å². The Morgan fingerprint density at radius 3 is 2.70 bits per heavy atom. The van der Waals surface area contributed by atoms with Crippen molar-refractivity contribution in [2.75, 3.05) is 13.1 Å². The lowest BCUT2D eigenvalue weighted by atomic mass is 9.93. The van der Waals surface area contributed by atoms with Gasteiger partial charge in [0.05, 0.1) is 11.9 Å². The number of fused-ring (bicyclic) bond motifs is 1. The van der Waals surface area contributed by atoms with Crippen LogP contribution >= 0.6 is 0 Å². The van der Waals surface area contributed by atoms with Gasteiger partial charge in [0.2, 0.25) is 0 Å². The summed E-state index contributed by atoms with van der Waals surface area (Å²) in [6.45, 7) is 0.394. The number of hydrogen-bond acceptors (Lipinski definition) is 5. The minimum Gasteiger partial charge on any atom is -0.453 e. The van der Waals surface area contributed by atoms with Crippen LogP contribution in [0.25, 0.3) is 11.1 Å². The number of rotatable bonds is 4. The van der Waals surface area contributed by atoms with Crippen molar-refractivity contribution in [2.24, 2.45) is 10.7 Å². The third-order valence-corrected chi connectivity index (χ3v) is 4.35. The Balaban J connectivity index is 1.70. The maximum Gasteiger partial charge on any atom is 0.184 e. The highest BCUT2D eigenvalue weighted by atomic mass is 19.1. The summed E-state index contributed by atoms with van der Waals surface area (Å²) in [5, 5.41) is 0. The smallest absolute Gasteiger partial charge is 0.184 e. The highest BCUT2D eigenvalue weighted by Crippen LogP contribution is 2.29. The predicted octanol–water partition coefficient (Wildman–Crippen LogP) is 3.62. The molecule has 0 saturated heterocycles. The highest BCUT2D eigenvalue weighted by molar-refractivity contribution is 6.16. The zero-order valence-corrected chi connectivity index (χ0v) is 14.4. The lowest BCUT2D eigenvalue weighted by Gasteiger charge is -2.16. The van der Waals surface area contributed by atoms with E-state index in [-0.39, 0.29) is 24.6 Å². The zero-order valence-electron chi connectivity index (χ0n) is 14.4. The van der Waals surface area contributed by atoms with E-state index in [1.54, 1.807) is 36.5 Å². The molecule has 3 aromatic rings. The third-order valence-electron chi connectivity index (χ3n) is 4.35. The minimum atomic E-state index is -0.445. The van der Waals surface area contributed by atoms with Crippen LogP contribution in [0.4, 0.5) is 4.39 Å². The standard InChI is InChI=1S/C21H16FN3O2/c22-18-3-1-2-4-21(18)27-15-7-14(10-24-11-15)13-5-6-16-17(8-13)19(9-23)25-12-20(16)26/h1-8,10-11H,9,12,23H2. The quantitative estimate of drug-likeness (QED) is 0.770. The van der Waals surface area contributed by atoms with Gasteiger partial charge in [-0.05, 0) is 29.8 Å². The summed E-state index contributed by atoms with van der Waals surface area (Å²) >= 11 is 0. The number of benzene rings is 2. The van der Waals surface area contributed by atoms with Crippen LogP contribution in [0.3, 0.4) is 0 Å². The van der Waals surface area contributed by atoms with E-state index in [0.717, 1.165) is 16.7 Å². The summed E-state index contributed by atoms with van der Waals surface area (Å²) in [5.41, 5.74) is 9.46. The number of carbonyl (C=O) groups excluding carboxylic acids is 1. The Bertz CT molecular complexity index is 1060. The molecule has 6 heteroatoms. The molecule has 2 aromatic carbocycles. The van der Waals surface area contributed by atoms with E-state index in [2.05, 4.69) is 9.98 Å². The van der Waals surface area contributed by atoms with Gasteiger partial charge in [-0.3, -0.25) is 14.8 Å². The first-order valence-corrected chi connectivity index (χ1v) is 8.44. The van der Waals surface area contributed by atoms with Crippen LogP contribution in [0, 0.1) is 5.82 Å². The van der Waals surface area contributed by atoms with Crippen LogP contribution in [0.5, 0.6) is 11.5 Å². The first-order chi connectivity index (χ1) is 13.2. The number of ketones is 1. The van der Waals surface area contributed by atoms with E-state index in [1.165, 1.54) is 12.3 Å². The maximum absolute atomic E-state index is 13.8. The van der Waals surface area contributed by atoms with E-state index in [9.17, 15) is 9.18 Å². The van der Waals surface area contributed by atoms with E-state index in [4.69, 9.17) is 10.5 Å². The van der Waals surface area contributed by atoms with Crippen molar-refractivity contribution in [3.8, 4) is 22.6 Å². The number of aliphatic imine (C=N–C) groups is 1. The zero-order chi connectivity index (χ0) is 18.8. The van der Waals surface area contributed by atoms with Gasteiger partial charge >= 0.3 is 0 Å². The van der Waals surface area contributed by atoms with Crippen LogP contribution in [-0.4, -0.2) is 29.6 Å². The Morgan fingerprint density at radius 1 is 1.04 bits per heavy atom. The predicted molar refractivity (Wildman–Crippen MR) is 101 cm³/mol. The van der Waals surface area contributed by atoms with Gasteiger partial charge in [-0.2, -0.15) is 0 Å². The van der Waals surface area contributed by atoms with Crippen molar-refractivity contribution < 1.29 is 13.9 Å². The van der Waals surface area contributed by atoms with Crippen molar-refractivity contribution in [2.45, 2.75) is 0 Å². The Hall–Kier alpha value is -3.38. The summed E-state index contributed by atoms with van der Waals surface area (Å²) in [6, 6.07) is 13.5. The van der Waals surface area contributed by atoms with Crippen LogP contribution < -0.4 is 10.5 Å². The molecule has 0 unspecified atom stereocenters. The normalized spacial score (nSPS) is 13.1. The molecular weight excluding hydrogens is 345 g/mol. The summed E-state index contributed by atoms with van der Waals surface area (Å²) < 4.78 is 19.4. The number of carbonyl (C=O) groups is 1. The summed E-state index contributed by atoms with van der Waals surface area (Å²) in [7, 11) is 0. The van der Waals surface area contributed by atoms with Gasteiger partial charge in [-0.1, -0.05) is 24.3 Å². The third kappa shape index (κ3) is 3.35. The molecule has 0 aliphatic carbocycles. The summed E-state index contributed by atoms with van der Waals surface area (Å²) in [4.78, 5) is 20.5. The van der Waals surface area contributed by atoms with E-state index in [0.29, 0.717) is 17.0 Å². The topological polar surface area (TPSA) is 77.6 Å². The van der Waals surface area contributed by atoms with Gasteiger partial charge in [-0.15, -0.1) is 0 Å². The number of aromatic nitrogens is 1. The monoisotopic (exact) mass is 361 g/mol. The molecule has 1 aliphatic heterocycles. The molecule has 4 rings (SSSR count). The molecule has 1 aliphatic rings. The van der Waals surface area contributed by atoms with E-state index in [1.807, 2.05) is 12.1 Å². The molecule has 27 heavy (non-hydrogen) atoms. The number of nitrogens with zero attached hydrogens (tertiary/aromatic N) is 2. The molecule has 0 spiro atoms. The molecule has 0 saturated carbocycles. The second kappa shape index (κ2) is 7.09. The van der Waals surface area contributed by atoms with Gasteiger partial charge in [0.1, 0.15) is 12.3 Å². The van der Waals surface area contributed by atoms with Crippen molar-refractivity contribution in [1.82, 2.24) is 4.98 Å². The number of para-hydroxylation sites is 1. The summed E-state index contributed by atoms with van der Waals surface area (Å²) in [6.07, 6.45) is 3.20. The molecule has 0 atom stereocenters. The van der Waals surface area contributed by atoms with E-state index < -0.39 is 5.82 Å². The Labute approximate surface area is 155 Å². The molecule has 0 amide bonds. The molecule has 2 heterocycles. The number of nitrogens with two attached hydrogens (primary N) is 1. The van der Waals surface area contributed by atoms with Crippen LogP contribution in [0.1, 0.15) is 15.9 Å². The second-order valence-corrected chi connectivity index (χ2v) is 6.09. The first kappa shape index (κ1) is 17.1. The molecule has 0 bridgehead atoms. The Kier molecular flexibility index (Phi) is 4.48. The van der Waals surface area contributed by atoms with Gasteiger partial charge in [0.25, 0.3) is 0 Å². The SMILES string of the molecule is NCC1=NCC(=O)c2ccc(-c3cncc(Oc4ccccc4F)c3)cc21. The second-order valence-electron chi connectivity index (χ2n) is 6.09. The average molecular weight is 361 g/mol. The minimum absolute atomic E-state index is 0.0245. The number of hydrogen-bond donors (Lipinski definition) is 1. The number of Topliss-reactive ketones (excluding diaryl/α,β-unsaturated/α-hetero) is 1. The fourth-order valence-corrected chi connectivity index (χ4v) is 3.00. The van der Waals surface area contributed by atoms with Gasteiger partial charge in [0, 0.05) is 29.4 Å². The number of pyridine rings is 1. The molecule has 134 valence electrons. The Morgan fingerprint density at radius 2 is 1.89 bits per heavy atom. The van der Waals surface area contributed by atoms with Crippen LogP contribution in [-0.2, 0) is 0 Å². The van der Waals surface area contributed by atoms with Gasteiger partial charge < -0.3 is 10.5 Å². The van der Waals surface area contributed by atoms with Gasteiger partial charge in [-0.25, -0.2) is 4.39 Å². The maximum atomic E-state index is 13.8. The first-order valence-electron chi connectivity index (χ1n) is 8.44.